The number of hydrogen-bond donors (Lipinski definition) is 1. The van der Waals surface area contributed by atoms with Crippen molar-refractivity contribution in [1.82, 2.24) is 0 Å². The minimum Gasteiger partial charge on any atom is -0.326 e. The lowest BCUT2D eigenvalue weighted by Crippen LogP contribution is -2.18. The molecular weight excluding hydrogens is 342 g/mol. The Morgan fingerprint density at radius 1 is 1.32 bits per heavy atom. The summed E-state index contributed by atoms with van der Waals surface area (Å²) in [4.78, 5) is 22.2. The molecule has 1 aliphatic rings. The number of carbonyl (C=O) groups is 1. The van der Waals surface area contributed by atoms with Crippen LogP contribution in [-0.4, -0.2) is 16.9 Å². The molecule has 0 bridgehead atoms. The molecule has 3 atom stereocenters. The monoisotopic (exact) mass is 355 g/mol. The number of carbonyl (C=O) groups excluding carboxylic acids is 1. The molecule has 1 fully saturated rings. The van der Waals surface area contributed by atoms with Crippen LogP contribution < -0.4 is 5.32 Å². The van der Waals surface area contributed by atoms with E-state index in [1.54, 1.807) is 18.2 Å². The zero-order chi connectivity index (χ0) is 18.0. The van der Waals surface area contributed by atoms with Gasteiger partial charge in [0.25, 0.3) is 0 Å². The SMILES string of the molecule is N#C[C@H](c1ccccc1)c1ccc(NC(=O)[C@H]2C[C@H]2[N+](=O)[O-])cc1Cl. The Kier molecular flexibility index (Phi) is 4.68. The van der Waals surface area contributed by atoms with Crippen molar-refractivity contribution in [3.8, 4) is 6.07 Å². The number of amides is 1. The second kappa shape index (κ2) is 6.91. The van der Waals surface area contributed by atoms with Crippen LogP contribution in [0.3, 0.4) is 0 Å². The molecule has 1 N–H and O–H groups in total. The Hall–Kier alpha value is -2.91. The van der Waals surface area contributed by atoms with Crippen LogP contribution in [0, 0.1) is 27.4 Å². The molecule has 2 aromatic carbocycles. The maximum Gasteiger partial charge on any atom is 0.234 e. The van der Waals surface area contributed by atoms with Gasteiger partial charge in [-0.1, -0.05) is 48.0 Å². The molecule has 0 radical (unpaired) electrons. The fraction of sp³-hybridized carbons (Fsp3) is 0.222. The van der Waals surface area contributed by atoms with E-state index in [4.69, 9.17) is 11.6 Å². The Morgan fingerprint density at radius 3 is 2.60 bits per heavy atom. The van der Waals surface area contributed by atoms with Gasteiger partial charge in [-0.2, -0.15) is 5.26 Å². The molecule has 2 aromatic rings. The lowest BCUT2D eigenvalue weighted by atomic mass is 9.92. The summed E-state index contributed by atoms with van der Waals surface area (Å²) < 4.78 is 0. The van der Waals surface area contributed by atoms with Gasteiger partial charge in [-0.05, 0) is 23.3 Å². The molecular formula is C18H14ClN3O3. The van der Waals surface area contributed by atoms with E-state index in [0.717, 1.165) is 5.56 Å². The number of benzene rings is 2. The van der Waals surface area contributed by atoms with Crippen molar-refractivity contribution in [2.75, 3.05) is 5.32 Å². The first-order valence-corrected chi connectivity index (χ1v) is 8.07. The van der Waals surface area contributed by atoms with E-state index in [9.17, 15) is 20.2 Å². The number of anilines is 1. The zero-order valence-electron chi connectivity index (χ0n) is 13.1. The fourth-order valence-corrected chi connectivity index (χ4v) is 3.03. The van der Waals surface area contributed by atoms with Crippen LogP contribution in [-0.2, 0) is 4.79 Å². The van der Waals surface area contributed by atoms with E-state index >= 15 is 0 Å². The summed E-state index contributed by atoms with van der Waals surface area (Å²) in [6, 6.07) is 15.6. The van der Waals surface area contributed by atoms with Gasteiger partial charge in [0, 0.05) is 22.1 Å². The molecule has 0 unspecified atom stereocenters. The number of nitrogens with zero attached hydrogens (tertiary/aromatic N) is 2. The van der Waals surface area contributed by atoms with Crippen LogP contribution in [0.4, 0.5) is 5.69 Å². The third kappa shape index (κ3) is 3.62. The van der Waals surface area contributed by atoms with Crippen LogP contribution in [0.5, 0.6) is 0 Å². The highest BCUT2D eigenvalue weighted by molar-refractivity contribution is 6.31. The van der Waals surface area contributed by atoms with Gasteiger partial charge in [0.2, 0.25) is 11.9 Å². The Morgan fingerprint density at radius 2 is 2.04 bits per heavy atom. The number of nitriles is 1. The predicted octanol–water partition coefficient (Wildman–Crippen LogP) is 3.60. The average molecular weight is 356 g/mol. The standard InChI is InChI=1S/C18H14ClN3O3/c19-16-8-12(21-18(23)14-9-17(14)22(24)25)6-7-13(16)15(10-20)11-4-2-1-3-5-11/h1-8,14-15,17H,9H2,(H,21,23)/t14-,15+,17+/m0/s1. The predicted molar refractivity (Wildman–Crippen MR) is 92.9 cm³/mol. The highest BCUT2D eigenvalue weighted by atomic mass is 35.5. The van der Waals surface area contributed by atoms with E-state index in [-0.39, 0.29) is 12.3 Å². The molecule has 0 saturated heterocycles. The molecule has 1 saturated carbocycles. The largest absolute Gasteiger partial charge is 0.326 e. The van der Waals surface area contributed by atoms with E-state index in [2.05, 4.69) is 11.4 Å². The molecule has 1 aliphatic carbocycles. The second-order valence-corrected chi connectivity index (χ2v) is 6.30. The molecule has 0 spiro atoms. The minimum absolute atomic E-state index is 0.259. The summed E-state index contributed by atoms with van der Waals surface area (Å²) in [5.41, 5.74) is 1.93. The smallest absolute Gasteiger partial charge is 0.234 e. The van der Waals surface area contributed by atoms with Crippen LogP contribution in [0.1, 0.15) is 23.5 Å². The molecule has 126 valence electrons. The van der Waals surface area contributed by atoms with Crippen LogP contribution in [0.2, 0.25) is 5.02 Å². The van der Waals surface area contributed by atoms with Crippen molar-refractivity contribution >= 4 is 23.2 Å². The quantitative estimate of drug-likeness (QED) is 0.654. The van der Waals surface area contributed by atoms with Crippen LogP contribution >= 0.6 is 11.6 Å². The molecule has 7 heteroatoms. The normalized spacial score (nSPS) is 19.5. The first-order valence-electron chi connectivity index (χ1n) is 7.69. The molecule has 0 aromatic heterocycles. The average Bonchev–Trinajstić information content (AvgIpc) is 3.39. The summed E-state index contributed by atoms with van der Waals surface area (Å²) in [5.74, 6) is -1.49. The third-order valence-electron chi connectivity index (χ3n) is 4.21. The zero-order valence-corrected chi connectivity index (χ0v) is 13.8. The Bertz CT molecular complexity index is 864. The first kappa shape index (κ1) is 16.9. The summed E-state index contributed by atoms with van der Waals surface area (Å²) in [6.07, 6.45) is 0.259. The van der Waals surface area contributed by atoms with Crippen molar-refractivity contribution in [3.63, 3.8) is 0 Å². The van der Waals surface area contributed by atoms with Gasteiger partial charge in [-0.25, -0.2) is 0 Å². The van der Waals surface area contributed by atoms with E-state index in [1.165, 1.54) is 0 Å². The highest BCUT2D eigenvalue weighted by Crippen LogP contribution is 2.35. The van der Waals surface area contributed by atoms with Crippen LogP contribution in [0.15, 0.2) is 48.5 Å². The van der Waals surface area contributed by atoms with Gasteiger partial charge in [0.15, 0.2) is 0 Å². The number of rotatable bonds is 5. The Balaban J connectivity index is 1.76. The van der Waals surface area contributed by atoms with Crippen molar-refractivity contribution < 1.29 is 9.72 Å². The van der Waals surface area contributed by atoms with Gasteiger partial charge in [-0.15, -0.1) is 0 Å². The second-order valence-electron chi connectivity index (χ2n) is 5.89. The lowest BCUT2D eigenvalue weighted by molar-refractivity contribution is -0.497. The van der Waals surface area contributed by atoms with Crippen molar-refractivity contribution in [2.24, 2.45) is 5.92 Å². The number of halogens is 1. The maximum atomic E-state index is 12.0. The molecule has 0 heterocycles. The molecule has 25 heavy (non-hydrogen) atoms. The van der Waals surface area contributed by atoms with Crippen molar-refractivity contribution in [3.05, 3.63) is 74.8 Å². The summed E-state index contributed by atoms with van der Waals surface area (Å²) in [5, 5.41) is 23.1. The van der Waals surface area contributed by atoms with E-state index in [0.29, 0.717) is 16.3 Å². The van der Waals surface area contributed by atoms with Gasteiger partial charge < -0.3 is 5.32 Å². The molecule has 1 amide bonds. The van der Waals surface area contributed by atoms with Gasteiger partial charge >= 0.3 is 0 Å². The lowest BCUT2D eigenvalue weighted by Gasteiger charge is -2.13. The third-order valence-corrected chi connectivity index (χ3v) is 4.53. The molecule has 6 nitrogen and oxygen atoms in total. The van der Waals surface area contributed by atoms with Crippen molar-refractivity contribution in [2.45, 2.75) is 18.4 Å². The van der Waals surface area contributed by atoms with Crippen LogP contribution in [0.25, 0.3) is 0 Å². The van der Waals surface area contributed by atoms with E-state index < -0.39 is 22.8 Å². The summed E-state index contributed by atoms with van der Waals surface area (Å²) >= 11 is 6.30. The number of nitro groups is 1. The van der Waals surface area contributed by atoms with Gasteiger partial charge in [-0.3, -0.25) is 14.9 Å². The van der Waals surface area contributed by atoms with Crippen molar-refractivity contribution in [1.29, 1.82) is 5.26 Å². The highest BCUT2D eigenvalue weighted by Gasteiger charge is 2.53. The first-order chi connectivity index (χ1) is 12.0. The topological polar surface area (TPSA) is 96.0 Å². The summed E-state index contributed by atoms with van der Waals surface area (Å²) in [7, 11) is 0. The minimum atomic E-state index is -0.796. The maximum absolute atomic E-state index is 12.0. The Labute approximate surface area is 149 Å². The number of nitrogens with one attached hydrogen (secondary N) is 1. The van der Waals surface area contributed by atoms with E-state index in [1.807, 2.05) is 30.3 Å². The number of hydrogen-bond acceptors (Lipinski definition) is 4. The fourth-order valence-electron chi connectivity index (χ4n) is 2.74. The van der Waals surface area contributed by atoms with Gasteiger partial charge in [0.1, 0.15) is 5.92 Å². The summed E-state index contributed by atoms with van der Waals surface area (Å²) in [6.45, 7) is 0. The molecule has 3 rings (SSSR count). The van der Waals surface area contributed by atoms with Gasteiger partial charge in [0.05, 0.1) is 12.0 Å². The molecule has 0 aliphatic heterocycles.